The van der Waals surface area contributed by atoms with E-state index in [1.807, 2.05) is 0 Å². The Balaban J connectivity index is 1.55. The molecule has 0 saturated heterocycles. The number of hydrogen-bond donors (Lipinski definition) is 0. The highest BCUT2D eigenvalue weighted by Crippen LogP contribution is 2.54. The fourth-order valence-corrected chi connectivity index (χ4v) is 7.06. The van der Waals surface area contributed by atoms with E-state index in [1.54, 1.807) is 11.1 Å². The van der Waals surface area contributed by atoms with E-state index in [2.05, 4.69) is 97.1 Å². The van der Waals surface area contributed by atoms with Crippen LogP contribution in [0.5, 0.6) is 0 Å². The van der Waals surface area contributed by atoms with Crippen molar-refractivity contribution in [2.75, 3.05) is 0 Å². The molecule has 0 N–H and O–H groups in total. The molecule has 0 spiro atoms. The molecule has 38 heavy (non-hydrogen) atoms. The Morgan fingerprint density at radius 2 is 1.34 bits per heavy atom. The molecular weight excluding hydrogens is 480 g/mol. The molecule has 1 aromatic heterocycles. The minimum atomic E-state index is 0.123. The first-order valence-corrected chi connectivity index (χ1v) is 15.5. The van der Waals surface area contributed by atoms with Gasteiger partial charge in [0.25, 0.3) is 0 Å². The summed E-state index contributed by atoms with van der Waals surface area (Å²) in [5.41, 5.74) is 13.2. The molecule has 1 aliphatic carbocycles. The summed E-state index contributed by atoms with van der Waals surface area (Å²) in [5.74, 6) is 0. The van der Waals surface area contributed by atoms with Crippen LogP contribution >= 0.6 is 11.7 Å². The average molecular weight is 523 g/mol. The van der Waals surface area contributed by atoms with Gasteiger partial charge >= 0.3 is 0 Å². The molecule has 0 atom stereocenters. The zero-order valence-corrected chi connectivity index (χ0v) is 24.5. The van der Waals surface area contributed by atoms with E-state index >= 15 is 0 Å². The van der Waals surface area contributed by atoms with Crippen LogP contribution in [0.1, 0.15) is 111 Å². The van der Waals surface area contributed by atoms with Crippen molar-refractivity contribution in [2.45, 2.75) is 97.3 Å². The smallest absolute Gasteiger partial charge is 0.112 e. The van der Waals surface area contributed by atoms with Gasteiger partial charge in [0.1, 0.15) is 11.0 Å². The van der Waals surface area contributed by atoms with Gasteiger partial charge in [0.2, 0.25) is 0 Å². The van der Waals surface area contributed by atoms with Gasteiger partial charge in [0.15, 0.2) is 0 Å². The van der Waals surface area contributed by atoms with Gasteiger partial charge < -0.3 is 0 Å². The van der Waals surface area contributed by atoms with Crippen molar-refractivity contribution in [2.24, 2.45) is 0 Å². The fraction of sp³-hybridized carbons (Fsp3) is 0.429. The van der Waals surface area contributed by atoms with Crippen molar-refractivity contribution in [3.05, 3.63) is 81.9 Å². The van der Waals surface area contributed by atoms with E-state index in [-0.39, 0.29) is 5.41 Å². The highest BCUT2D eigenvalue weighted by atomic mass is 32.1. The molecule has 3 aromatic carbocycles. The standard InChI is InChI=1S/C35H42N2S/c1-5-7-9-11-21-35(22-12-10-8-6-2)31-23-25(3)13-19-29(31)30-20-16-27(24-32(30)35)15-18-28-17-14-26(4)33-34(28)37-38-36-33/h13-20,23-24H,5-12,21-22H2,1-4H3/b18-15+. The Morgan fingerprint density at radius 3 is 2.05 bits per heavy atom. The van der Waals surface area contributed by atoms with Crippen molar-refractivity contribution in [1.82, 2.24) is 8.75 Å². The predicted octanol–water partition coefficient (Wildman–Crippen LogP) is 10.7. The maximum Gasteiger partial charge on any atom is 0.112 e. The second kappa shape index (κ2) is 11.9. The molecule has 0 radical (unpaired) electrons. The van der Waals surface area contributed by atoms with Crippen LogP contribution in [0, 0.1) is 13.8 Å². The first-order valence-electron chi connectivity index (χ1n) is 14.7. The Kier molecular flexibility index (Phi) is 8.43. The molecule has 0 saturated carbocycles. The van der Waals surface area contributed by atoms with Crippen LogP contribution in [-0.2, 0) is 5.41 Å². The van der Waals surface area contributed by atoms with Crippen LogP contribution in [0.25, 0.3) is 34.3 Å². The second-order valence-corrected chi connectivity index (χ2v) is 11.9. The summed E-state index contributed by atoms with van der Waals surface area (Å²) in [6, 6.07) is 18.7. The minimum absolute atomic E-state index is 0.123. The molecule has 2 nitrogen and oxygen atoms in total. The summed E-state index contributed by atoms with van der Waals surface area (Å²) in [6.45, 7) is 8.99. The van der Waals surface area contributed by atoms with E-state index < -0.39 is 0 Å². The van der Waals surface area contributed by atoms with Crippen LogP contribution in [-0.4, -0.2) is 8.75 Å². The first kappa shape index (κ1) is 26.8. The maximum absolute atomic E-state index is 4.58. The Bertz CT molecular complexity index is 1420. The zero-order chi connectivity index (χ0) is 26.5. The number of aryl methyl sites for hydroxylation is 2. The summed E-state index contributed by atoms with van der Waals surface area (Å²) < 4.78 is 9.10. The molecule has 0 aliphatic heterocycles. The number of nitrogens with zero attached hydrogens (tertiary/aromatic N) is 2. The molecule has 198 valence electrons. The number of unbranched alkanes of at least 4 members (excludes halogenated alkanes) is 6. The highest BCUT2D eigenvalue weighted by molar-refractivity contribution is 7.00. The Morgan fingerprint density at radius 1 is 0.684 bits per heavy atom. The summed E-state index contributed by atoms with van der Waals surface area (Å²) in [5, 5.41) is 0. The summed E-state index contributed by atoms with van der Waals surface area (Å²) in [4.78, 5) is 0. The van der Waals surface area contributed by atoms with Gasteiger partial charge in [-0.05, 0) is 60.1 Å². The summed E-state index contributed by atoms with van der Waals surface area (Å²) in [7, 11) is 0. The van der Waals surface area contributed by atoms with Gasteiger partial charge in [0, 0.05) is 11.0 Å². The number of benzene rings is 3. The van der Waals surface area contributed by atoms with Crippen molar-refractivity contribution in [1.29, 1.82) is 0 Å². The number of aromatic nitrogens is 2. The molecule has 4 aromatic rings. The van der Waals surface area contributed by atoms with E-state index in [4.69, 9.17) is 0 Å². The van der Waals surface area contributed by atoms with Gasteiger partial charge in [-0.3, -0.25) is 0 Å². The van der Waals surface area contributed by atoms with E-state index in [0.29, 0.717) is 0 Å². The lowest BCUT2D eigenvalue weighted by Crippen LogP contribution is -2.25. The molecule has 0 amide bonds. The van der Waals surface area contributed by atoms with Crippen LogP contribution < -0.4 is 0 Å². The van der Waals surface area contributed by atoms with Crippen LogP contribution in [0.3, 0.4) is 0 Å². The predicted molar refractivity (Wildman–Crippen MR) is 166 cm³/mol. The van der Waals surface area contributed by atoms with Gasteiger partial charge in [-0.2, -0.15) is 8.75 Å². The van der Waals surface area contributed by atoms with Crippen LogP contribution in [0.15, 0.2) is 48.5 Å². The van der Waals surface area contributed by atoms with E-state index in [0.717, 1.165) is 16.6 Å². The summed E-state index contributed by atoms with van der Waals surface area (Å²) in [6.07, 6.45) is 17.5. The fourth-order valence-electron chi connectivity index (χ4n) is 6.43. The third kappa shape index (κ3) is 5.23. The topological polar surface area (TPSA) is 25.8 Å². The van der Waals surface area contributed by atoms with Gasteiger partial charge in [-0.1, -0.05) is 131 Å². The molecule has 1 aliphatic rings. The first-order chi connectivity index (χ1) is 18.6. The Labute approximate surface area is 233 Å². The van der Waals surface area contributed by atoms with Crippen molar-refractivity contribution < 1.29 is 0 Å². The number of fused-ring (bicyclic) bond motifs is 4. The van der Waals surface area contributed by atoms with Gasteiger partial charge in [-0.15, -0.1) is 0 Å². The number of hydrogen-bond acceptors (Lipinski definition) is 3. The minimum Gasteiger partial charge on any atom is -0.173 e. The van der Waals surface area contributed by atoms with E-state index in [9.17, 15) is 0 Å². The zero-order valence-electron chi connectivity index (χ0n) is 23.6. The molecule has 0 fully saturated rings. The molecule has 3 heteroatoms. The van der Waals surface area contributed by atoms with Crippen molar-refractivity contribution in [3.63, 3.8) is 0 Å². The molecule has 5 rings (SSSR count). The summed E-state index contributed by atoms with van der Waals surface area (Å²) >= 11 is 1.30. The lowest BCUT2D eigenvalue weighted by Gasteiger charge is -2.33. The molecule has 0 bridgehead atoms. The Hall–Kier alpha value is -2.78. The maximum atomic E-state index is 4.58. The normalized spacial score (nSPS) is 13.9. The van der Waals surface area contributed by atoms with Crippen molar-refractivity contribution in [3.8, 4) is 11.1 Å². The molecule has 0 unspecified atom stereocenters. The van der Waals surface area contributed by atoms with Gasteiger partial charge in [0.05, 0.1) is 11.7 Å². The van der Waals surface area contributed by atoms with Crippen LogP contribution in [0.2, 0.25) is 0 Å². The highest BCUT2D eigenvalue weighted by Gasteiger charge is 2.42. The molecular formula is C35H42N2S. The number of rotatable bonds is 12. The third-order valence-corrected chi connectivity index (χ3v) is 9.09. The SMILES string of the molecule is CCCCCCC1(CCCCCC)c2cc(C)ccc2-c2ccc(/C=C/c3ccc(C)c4nsnc34)cc21. The monoisotopic (exact) mass is 522 g/mol. The lowest BCUT2D eigenvalue weighted by molar-refractivity contribution is 0.401. The quantitative estimate of drug-likeness (QED) is 0.137. The molecule has 1 heterocycles. The average Bonchev–Trinajstić information content (AvgIpc) is 3.52. The van der Waals surface area contributed by atoms with E-state index in [1.165, 1.54) is 104 Å². The largest absolute Gasteiger partial charge is 0.173 e. The third-order valence-electron chi connectivity index (χ3n) is 8.56. The van der Waals surface area contributed by atoms with Crippen molar-refractivity contribution >= 4 is 34.9 Å². The van der Waals surface area contributed by atoms with Crippen LogP contribution in [0.4, 0.5) is 0 Å². The second-order valence-electron chi connectivity index (χ2n) is 11.3. The lowest BCUT2D eigenvalue weighted by atomic mass is 9.70. The van der Waals surface area contributed by atoms with Gasteiger partial charge in [-0.25, -0.2) is 0 Å².